The second kappa shape index (κ2) is 9.29. The van der Waals surface area contributed by atoms with Gasteiger partial charge in [0.2, 0.25) is 0 Å². The summed E-state index contributed by atoms with van der Waals surface area (Å²) in [5.74, 6) is -1.20. The van der Waals surface area contributed by atoms with Crippen molar-refractivity contribution in [2.24, 2.45) is 0 Å². The molecule has 0 unspecified atom stereocenters. The first kappa shape index (κ1) is 19.1. The fraction of sp³-hybridized carbons (Fsp3) is 0.421. The van der Waals surface area contributed by atoms with Gasteiger partial charge in [0.15, 0.2) is 6.61 Å². The molecule has 0 spiro atoms. The molecule has 1 fully saturated rings. The lowest BCUT2D eigenvalue weighted by atomic mass is 10.1. The van der Waals surface area contributed by atoms with Gasteiger partial charge in [-0.1, -0.05) is 30.3 Å². The SMILES string of the molecule is C[C@H](c1ccccc1)n1cncc1C(=O)OCC(=O)OCN1CCOCC1. The van der Waals surface area contributed by atoms with Gasteiger partial charge in [-0.3, -0.25) is 4.90 Å². The van der Waals surface area contributed by atoms with Crippen molar-refractivity contribution in [3.63, 3.8) is 0 Å². The number of hydrogen-bond acceptors (Lipinski definition) is 7. The summed E-state index contributed by atoms with van der Waals surface area (Å²) in [7, 11) is 0. The first-order chi connectivity index (χ1) is 13.1. The number of ether oxygens (including phenoxy) is 3. The van der Waals surface area contributed by atoms with Crippen LogP contribution in [-0.4, -0.2) is 66.0 Å². The normalized spacial score (nSPS) is 15.9. The van der Waals surface area contributed by atoms with Gasteiger partial charge < -0.3 is 18.8 Å². The van der Waals surface area contributed by atoms with Crippen molar-refractivity contribution in [2.45, 2.75) is 13.0 Å². The summed E-state index contributed by atoms with van der Waals surface area (Å²) < 4.78 is 17.2. The number of nitrogens with zero attached hydrogens (tertiary/aromatic N) is 3. The topological polar surface area (TPSA) is 82.9 Å². The van der Waals surface area contributed by atoms with Crippen LogP contribution in [0.25, 0.3) is 0 Å². The van der Waals surface area contributed by atoms with E-state index in [1.807, 2.05) is 42.2 Å². The zero-order valence-corrected chi connectivity index (χ0v) is 15.2. The fourth-order valence-electron chi connectivity index (χ4n) is 2.80. The quantitative estimate of drug-likeness (QED) is 0.680. The molecule has 0 amide bonds. The summed E-state index contributed by atoms with van der Waals surface area (Å²) in [4.78, 5) is 30.2. The average molecular weight is 373 g/mol. The van der Waals surface area contributed by atoms with Crippen LogP contribution in [0, 0.1) is 0 Å². The van der Waals surface area contributed by atoms with Gasteiger partial charge >= 0.3 is 11.9 Å². The summed E-state index contributed by atoms with van der Waals surface area (Å²) in [5.41, 5.74) is 1.32. The van der Waals surface area contributed by atoms with Crippen LogP contribution in [0.2, 0.25) is 0 Å². The first-order valence-electron chi connectivity index (χ1n) is 8.85. The minimum absolute atomic E-state index is 0.0930. The molecule has 0 bridgehead atoms. The Morgan fingerprint density at radius 2 is 1.93 bits per heavy atom. The summed E-state index contributed by atoms with van der Waals surface area (Å²) in [6.07, 6.45) is 3.01. The third-order valence-corrected chi connectivity index (χ3v) is 4.41. The third-order valence-electron chi connectivity index (χ3n) is 4.41. The Kier molecular flexibility index (Phi) is 6.56. The number of aromatic nitrogens is 2. The van der Waals surface area contributed by atoms with Gasteiger partial charge in [0.25, 0.3) is 0 Å². The van der Waals surface area contributed by atoms with E-state index >= 15 is 0 Å². The molecule has 1 aliphatic heterocycles. The van der Waals surface area contributed by atoms with Crippen molar-refractivity contribution in [3.8, 4) is 0 Å². The molecule has 144 valence electrons. The maximum absolute atomic E-state index is 12.4. The van der Waals surface area contributed by atoms with E-state index in [1.165, 1.54) is 6.20 Å². The van der Waals surface area contributed by atoms with Crippen molar-refractivity contribution in [1.82, 2.24) is 14.5 Å². The molecular formula is C19H23N3O5. The zero-order valence-electron chi connectivity index (χ0n) is 15.2. The Labute approximate surface area is 157 Å². The Morgan fingerprint density at radius 3 is 2.67 bits per heavy atom. The zero-order chi connectivity index (χ0) is 19.1. The monoisotopic (exact) mass is 373 g/mol. The molecule has 1 aliphatic rings. The Hall–Kier alpha value is -2.71. The second-order valence-electron chi connectivity index (χ2n) is 6.22. The van der Waals surface area contributed by atoms with Crippen LogP contribution in [0.3, 0.4) is 0 Å². The Bertz CT molecular complexity index is 756. The number of esters is 2. The molecule has 1 aromatic carbocycles. The van der Waals surface area contributed by atoms with E-state index in [0.29, 0.717) is 26.3 Å². The number of rotatable bonds is 7. The first-order valence-corrected chi connectivity index (χ1v) is 8.85. The number of carbonyl (C=O) groups excluding carboxylic acids is 2. The summed E-state index contributed by atoms with van der Waals surface area (Å²) in [5, 5.41) is 0. The molecule has 0 aliphatic carbocycles. The molecule has 27 heavy (non-hydrogen) atoms. The van der Waals surface area contributed by atoms with Gasteiger partial charge in [0, 0.05) is 13.1 Å². The van der Waals surface area contributed by atoms with E-state index in [4.69, 9.17) is 14.2 Å². The molecule has 0 radical (unpaired) electrons. The summed E-state index contributed by atoms with van der Waals surface area (Å²) in [6, 6.07) is 9.66. The van der Waals surface area contributed by atoms with Crippen LogP contribution in [0.4, 0.5) is 0 Å². The van der Waals surface area contributed by atoms with Crippen molar-refractivity contribution >= 4 is 11.9 Å². The van der Waals surface area contributed by atoms with Crippen molar-refractivity contribution in [1.29, 1.82) is 0 Å². The Balaban J connectivity index is 1.51. The van der Waals surface area contributed by atoms with Gasteiger partial charge in [-0.2, -0.15) is 0 Å². The lowest BCUT2D eigenvalue weighted by molar-refractivity contribution is -0.153. The van der Waals surface area contributed by atoms with Gasteiger partial charge in [-0.25, -0.2) is 14.6 Å². The Morgan fingerprint density at radius 1 is 1.19 bits per heavy atom. The van der Waals surface area contributed by atoms with Gasteiger partial charge in [0.1, 0.15) is 12.4 Å². The predicted octanol–water partition coefficient (Wildman–Crippen LogP) is 1.48. The van der Waals surface area contributed by atoms with Gasteiger partial charge in [0.05, 0.1) is 31.8 Å². The molecule has 8 nitrogen and oxygen atoms in total. The van der Waals surface area contributed by atoms with E-state index in [1.54, 1.807) is 10.9 Å². The molecule has 1 saturated heterocycles. The van der Waals surface area contributed by atoms with Crippen molar-refractivity contribution < 1.29 is 23.8 Å². The number of benzene rings is 1. The molecule has 1 atom stereocenters. The maximum atomic E-state index is 12.4. The molecule has 8 heteroatoms. The highest BCUT2D eigenvalue weighted by Crippen LogP contribution is 2.19. The number of morpholine rings is 1. The van der Waals surface area contributed by atoms with Gasteiger partial charge in [-0.05, 0) is 12.5 Å². The molecule has 0 saturated carbocycles. The van der Waals surface area contributed by atoms with Crippen LogP contribution >= 0.6 is 0 Å². The third kappa shape index (κ3) is 5.15. The molecule has 2 aromatic rings. The highest BCUT2D eigenvalue weighted by atomic mass is 16.6. The fourth-order valence-corrected chi connectivity index (χ4v) is 2.80. The van der Waals surface area contributed by atoms with Crippen LogP contribution < -0.4 is 0 Å². The van der Waals surface area contributed by atoms with E-state index < -0.39 is 18.5 Å². The lowest BCUT2D eigenvalue weighted by Gasteiger charge is -2.25. The van der Waals surface area contributed by atoms with Crippen LogP contribution in [0.15, 0.2) is 42.9 Å². The van der Waals surface area contributed by atoms with E-state index in [-0.39, 0.29) is 18.5 Å². The summed E-state index contributed by atoms with van der Waals surface area (Å²) >= 11 is 0. The van der Waals surface area contributed by atoms with Crippen LogP contribution in [0.5, 0.6) is 0 Å². The second-order valence-corrected chi connectivity index (χ2v) is 6.22. The van der Waals surface area contributed by atoms with Crippen molar-refractivity contribution in [2.75, 3.05) is 39.6 Å². The highest BCUT2D eigenvalue weighted by Gasteiger charge is 2.20. The van der Waals surface area contributed by atoms with E-state index in [0.717, 1.165) is 5.56 Å². The average Bonchev–Trinajstić information content (AvgIpc) is 3.21. The lowest BCUT2D eigenvalue weighted by Crippen LogP contribution is -2.38. The van der Waals surface area contributed by atoms with Crippen LogP contribution in [0.1, 0.15) is 29.0 Å². The largest absolute Gasteiger partial charge is 0.449 e. The number of imidazole rings is 1. The van der Waals surface area contributed by atoms with Gasteiger partial charge in [-0.15, -0.1) is 0 Å². The number of carbonyl (C=O) groups is 2. The molecular weight excluding hydrogens is 350 g/mol. The van der Waals surface area contributed by atoms with Crippen molar-refractivity contribution in [3.05, 3.63) is 54.1 Å². The molecule has 2 heterocycles. The highest BCUT2D eigenvalue weighted by molar-refractivity contribution is 5.89. The van der Waals surface area contributed by atoms with E-state index in [9.17, 15) is 9.59 Å². The predicted molar refractivity (Wildman–Crippen MR) is 96.1 cm³/mol. The van der Waals surface area contributed by atoms with E-state index in [2.05, 4.69) is 4.98 Å². The minimum atomic E-state index is -0.612. The summed E-state index contributed by atoms with van der Waals surface area (Å²) in [6.45, 7) is 4.36. The molecule has 3 rings (SSSR count). The standard InChI is InChI=1S/C19H23N3O5/c1-15(16-5-3-2-4-6-16)22-13-20-11-17(22)19(24)26-12-18(23)27-14-21-7-9-25-10-8-21/h2-6,11,13,15H,7-10,12,14H2,1H3/t15-/m1/s1. The maximum Gasteiger partial charge on any atom is 0.357 e. The molecule has 0 N–H and O–H groups in total. The molecule has 1 aromatic heterocycles. The van der Waals surface area contributed by atoms with Crippen LogP contribution in [-0.2, 0) is 19.0 Å². The smallest absolute Gasteiger partial charge is 0.357 e. The number of hydrogen-bond donors (Lipinski definition) is 0. The minimum Gasteiger partial charge on any atom is -0.449 e.